The summed E-state index contributed by atoms with van der Waals surface area (Å²) in [6, 6.07) is 7.98. The van der Waals surface area contributed by atoms with Crippen LogP contribution in [0.5, 0.6) is 5.75 Å². The number of hydrogen-bond donors (Lipinski definition) is 1. The van der Waals surface area contributed by atoms with E-state index in [9.17, 15) is 4.79 Å². The predicted molar refractivity (Wildman–Crippen MR) is 96.1 cm³/mol. The molecule has 0 saturated heterocycles. The second-order valence-electron chi connectivity index (χ2n) is 5.43. The first-order valence-electron chi connectivity index (χ1n) is 7.65. The first kappa shape index (κ1) is 18.0. The minimum absolute atomic E-state index is 0.136. The summed E-state index contributed by atoms with van der Waals surface area (Å²) in [5.41, 5.74) is 2.10. The summed E-state index contributed by atoms with van der Waals surface area (Å²) >= 11 is 6.23. The molecule has 0 aliphatic heterocycles. The van der Waals surface area contributed by atoms with Crippen molar-refractivity contribution in [2.45, 2.75) is 19.8 Å². The molecule has 1 heterocycles. The summed E-state index contributed by atoms with van der Waals surface area (Å²) in [4.78, 5) is 22.1. The molecule has 1 aromatic carbocycles. The molecule has 0 atom stereocenters. The quantitative estimate of drug-likeness (QED) is 0.639. The van der Waals surface area contributed by atoms with Crippen LogP contribution in [0.3, 0.4) is 0 Å². The Morgan fingerprint density at radius 3 is 2.46 bits per heavy atom. The third-order valence-corrected chi connectivity index (χ3v) is 3.64. The van der Waals surface area contributed by atoms with Gasteiger partial charge in [-0.15, -0.1) is 0 Å². The van der Waals surface area contributed by atoms with Crippen molar-refractivity contribution in [3.63, 3.8) is 0 Å². The van der Waals surface area contributed by atoms with Crippen LogP contribution < -0.4 is 15.0 Å². The van der Waals surface area contributed by atoms with E-state index in [0.717, 1.165) is 11.3 Å². The van der Waals surface area contributed by atoms with Gasteiger partial charge in [-0.3, -0.25) is 4.79 Å². The van der Waals surface area contributed by atoms with E-state index in [1.807, 2.05) is 45.4 Å². The molecular weight excluding hydrogens is 328 g/mol. The van der Waals surface area contributed by atoms with E-state index in [1.54, 1.807) is 11.8 Å². The van der Waals surface area contributed by atoms with Crippen molar-refractivity contribution in [3.05, 3.63) is 40.8 Å². The molecule has 0 spiro atoms. The maximum atomic E-state index is 11.6. The highest BCUT2D eigenvalue weighted by molar-refractivity contribution is 6.31. The fourth-order valence-corrected chi connectivity index (χ4v) is 2.30. The van der Waals surface area contributed by atoms with Crippen molar-refractivity contribution in [1.29, 1.82) is 0 Å². The number of carbonyl (C=O) groups is 1. The highest BCUT2D eigenvalue weighted by Crippen LogP contribution is 2.32. The average Bonchev–Trinajstić information content (AvgIpc) is 2.57. The maximum absolute atomic E-state index is 11.6. The molecule has 6 nitrogen and oxygen atoms in total. The zero-order valence-electron chi connectivity index (χ0n) is 14.3. The molecule has 0 radical (unpaired) electrons. The molecule has 0 amide bonds. The first-order valence-corrected chi connectivity index (χ1v) is 8.03. The van der Waals surface area contributed by atoms with Crippen LogP contribution in [-0.2, 0) is 11.2 Å². The Labute approximate surface area is 146 Å². The van der Waals surface area contributed by atoms with Crippen LogP contribution in [0.1, 0.15) is 24.7 Å². The SMILES string of the molecule is CCC(=O)Oc1c(Cl)nc(Cc2ccc(NC)cc2)nc1N(C)C. The lowest BCUT2D eigenvalue weighted by molar-refractivity contribution is -0.134. The summed E-state index contributed by atoms with van der Waals surface area (Å²) < 4.78 is 5.28. The minimum atomic E-state index is -0.376. The lowest BCUT2D eigenvalue weighted by atomic mass is 10.1. The van der Waals surface area contributed by atoms with Crippen molar-refractivity contribution in [1.82, 2.24) is 9.97 Å². The Morgan fingerprint density at radius 1 is 1.25 bits per heavy atom. The topological polar surface area (TPSA) is 67.3 Å². The first-order chi connectivity index (χ1) is 11.4. The number of halogens is 1. The van der Waals surface area contributed by atoms with Crippen LogP contribution >= 0.6 is 11.6 Å². The number of esters is 1. The van der Waals surface area contributed by atoms with E-state index in [-0.39, 0.29) is 23.3 Å². The van der Waals surface area contributed by atoms with E-state index in [1.165, 1.54) is 0 Å². The number of ether oxygens (including phenoxy) is 1. The molecule has 0 aliphatic carbocycles. The van der Waals surface area contributed by atoms with Crippen molar-refractivity contribution in [3.8, 4) is 5.75 Å². The number of aromatic nitrogens is 2. The van der Waals surface area contributed by atoms with Crippen molar-refractivity contribution in [2.24, 2.45) is 0 Å². The number of carbonyl (C=O) groups excluding carboxylic acids is 1. The molecule has 0 saturated carbocycles. The van der Waals surface area contributed by atoms with Crippen LogP contribution in [0, 0.1) is 0 Å². The average molecular weight is 349 g/mol. The smallest absolute Gasteiger partial charge is 0.311 e. The number of nitrogens with zero attached hydrogens (tertiary/aromatic N) is 3. The van der Waals surface area contributed by atoms with Crippen LogP contribution in [0.25, 0.3) is 0 Å². The maximum Gasteiger partial charge on any atom is 0.311 e. The zero-order valence-corrected chi connectivity index (χ0v) is 15.0. The summed E-state index contributed by atoms with van der Waals surface area (Å²) in [5, 5.41) is 3.21. The van der Waals surface area contributed by atoms with E-state index >= 15 is 0 Å². The molecule has 128 valence electrons. The fourth-order valence-electron chi connectivity index (χ4n) is 2.08. The van der Waals surface area contributed by atoms with Gasteiger partial charge in [-0.1, -0.05) is 30.7 Å². The molecule has 1 N–H and O–H groups in total. The Bertz CT molecular complexity index is 717. The Kier molecular flexibility index (Phi) is 5.98. The second-order valence-corrected chi connectivity index (χ2v) is 5.79. The normalized spacial score (nSPS) is 10.4. The molecule has 2 rings (SSSR count). The van der Waals surface area contributed by atoms with Gasteiger partial charge in [0.2, 0.25) is 5.75 Å². The summed E-state index contributed by atoms with van der Waals surface area (Å²) in [6.07, 6.45) is 0.787. The van der Waals surface area contributed by atoms with Gasteiger partial charge in [0.25, 0.3) is 0 Å². The molecule has 0 bridgehead atoms. The molecular formula is C17H21ClN4O2. The number of hydrogen-bond acceptors (Lipinski definition) is 6. The van der Waals surface area contributed by atoms with Gasteiger partial charge in [0.05, 0.1) is 0 Å². The van der Waals surface area contributed by atoms with Crippen LogP contribution in [0.15, 0.2) is 24.3 Å². The van der Waals surface area contributed by atoms with E-state index in [4.69, 9.17) is 16.3 Å². The van der Waals surface area contributed by atoms with Gasteiger partial charge < -0.3 is 15.0 Å². The number of benzene rings is 1. The number of rotatable bonds is 6. The summed E-state index contributed by atoms with van der Waals surface area (Å²) in [7, 11) is 5.50. The highest BCUT2D eigenvalue weighted by Gasteiger charge is 2.19. The van der Waals surface area contributed by atoms with Gasteiger partial charge in [-0.2, -0.15) is 0 Å². The van der Waals surface area contributed by atoms with Crippen molar-refractivity contribution in [2.75, 3.05) is 31.4 Å². The Hall–Kier alpha value is -2.34. The second kappa shape index (κ2) is 7.97. The minimum Gasteiger partial charge on any atom is -0.419 e. The van der Waals surface area contributed by atoms with Gasteiger partial charge in [-0.05, 0) is 17.7 Å². The highest BCUT2D eigenvalue weighted by atomic mass is 35.5. The summed E-state index contributed by atoms with van der Waals surface area (Å²) in [5.74, 6) is 0.873. The third-order valence-electron chi connectivity index (χ3n) is 3.39. The predicted octanol–water partition coefficient (Wildman–Crippen LogP) is 3.14. The van der Waals surface area contributed by atoms with Crippen molar-refractivity contribution < 1.29 is 9.53 Å². The van der Waals surface area contributed by atoms with E-state index in [0.29, 0.717) is 18.1 Å². The van der Waals surface area contributed by atoms with Gasteiger partial charge >= 0.3 is 5.97 Å². The van der Waals surface area contributed by atoms with Gasteiger partial charge in [-0.25, -0.2) is 9.97 Å². The lowest BCUT2D eigenvalue weighted by Gasteiger charge is -2.17. The largest absolute Gasteiger partial charge is 0.419 e. The number of anilines is 2. The van der Waals surface area contributed by atoms with E-state index < -0.39 is 0 Å². The standard InChI is InChI=1S/C17H21ClN4O2/c1-5-14(23)24-15-16(18)20-13(21-17(15)22(3)4)10-11-6-8-12(19-2)9-7-11/h6-9,19H,5,10H2,1-4H3. The number of nitrogens with one attached hydrogen (secondary N) is 1. The lowest BCUT2D eigenvalue weighted by Crippen LogP contribution is -2.17. The fraction of sp³-hybridized carbons (Fsp3) is 0.353. The van der Waals surface area contributed by atoms with Gasteiger partial charge in [0.1, 0.15) is 5.82 Å². The summed E-state index contributed by atoms with van der Waals surface area (Å²) in [6.45, 7) is 1.72. The molecule has 2 aromatic rings. The van der Waals surface area contributed by atoms with Crippen molar-refractivity contribution >= 4 is 29.1 Å². The molecule has 0 fully saturated rings. The van der Waals surface area contributed by atoms with Crippen LogP contribution in [-0.4, -0.2) is 37.1 Å². The van der Waals surface area contributed by atoms with Crippen LogP contribution in [0.2, 0.25) is 5.15 Å². The molecule has 0 unspecified atom stereocenters. The molecule has 1 aromatic heterocycles. The zero-order chi connectivity index (χ0) is 17.7. The van der Waals surface area contributed by atoms with Gasteiger partial charge in [0.15, 0.2) is 11.0 Å². The van der Waals surface area contributed by atoms with Crippen LogP contribution in [0.4, 0.5) is 11.5 Å². The monoisotopic (exact) mass is 348 g/mol. The Balaban J connectivity index is 2.32. The van der Waals surface area contributed by atoms with Gasteiger partial charge in [0, 0.05) is 39.7 Å². The Morgan fingerprint density at radius 2 is 1.92 bits per heavy atom. The van der Waals surface area contributed by atoms with E-state index in [2.05, 4.69) is 15.3 Å². The molecule has 24 heavy (non-hydrogen) atoms. The third kappa shape index (κ3) is 4.35. The molecule has 7 heteroatoms. The molecule has 0 aliphatic rings.